The van der Waals surface area contributed by atoms with Crippen LogP contribution in [0.4, 0.5) is 0 Å². The van der Waals surface area contributed by atoms with Crippen LogP contribution in [0.25, 0.3) is 5.69 Å². The normalized spacial score (nSPS) is 11.3. The van der Waals surface area contributed by atoms with Crippen LogP contribution in [0.3, 0.4) is 0 Å². The highest BCUT2D eigenvalue weighted by atomic mass is 16.5. The van der Waals surface area contributed by atoms with Gasteiger partial charge in [0.05, 0.1) is 18.8 Å². The molecule has 0 N–H and O–H groups in total. The van der Waals surface area contributed by atoms with E-state index in [9.17, 15) is 0 Å². The lowest BCUT2D eigenvalue weighted by Crippen LogP contribution is -2.21. The first kappa shape index (κ1) is 16.4. The van der Waals surface area contributed by atoms with Gasteiger partial charge in [-0.15, -0.1) is 0 Å². The minimum atomic E-state index is 0.690. The summed E-state index contributed by atoms with van der Waals surface area (Å²) in [6, 6.07) is 10.3. The van der Waals surface area contributed by atoms with E-state index in [0.29, 0.717) is 6.61 Å². The van der Waals surface area contributed by atoms with E-state index >= 15 is 0 Å². The molecule has 0 spiro atoms. The largest absolute Gasteiger partial charge is 0.383 e. The number of nitrogens with zero attached hydrogens (tertiary/aromatic N) is 5. The van der Waals surface area contributed by atoms with Crippen LogP contribution in [0.2, 0.25) is 0 Å². The Morgan fingerprint density at radius 2 is 1.96 bits per heavy atom. The molecule has 0 radical (unpaired) electrons. The van der Waals surface area contributed by atoms with Crippen molar-refractivity contribution in [2.45, 2.75) is 19.6 Å². The molecule has 0 fully saturated rings. The second-order valence-electron chi connectivity index (χ2n) is 5.78. The van der Waals surface area contributed by atoms with E-state index in [0.717, 1.165) is 31.1 Å². The van der Waals surface area contributed by atoms with Crippen LogP contribution in [0.5, 0.6) is 0 Å². The number of hydrogen-bond donors (Lipinski definition) is 0. The lowest BCUT2D eigenvalue weighted by Gasteiger charge is -2.19. The van der Waals surface area contributed by atoms with Gasteiger partial charge in [-0.05, 0) is 24.7 Å². The number of rotatable bonds is 8. The van der Waals surface area contributed by atoms with Gasteiger partial charge in [0.15, 0.2) is 0 Å². The molecule has 3 aromatic rings. The van der Waals surface area contributed by atoms with Gasteiger partial charge in [-0.2, -0.15) is 5.10 Å². The van der Waals surface area contributed by atoms with Crippen LogP contribution in [-0.4, -0.2) is 45.0 Å². The number of aromatic nitrogens is 4. The summed E-state index contributed by atoms with van der Waals surface area (Å²) in [6.07, 6.45) is 7.61. The molecule has 24 heavy (non-hydrogen) atoms. The van der Waals surface area contributed by atoms with E-state index in [4.69, 9.17) is 4.74 Å². The molecule has 0 aliphatic heterocycles. The van der Waals surface area contributed by atoms with Crippen molar-refractivity contribution >= 4 is 0 Å². The number of methoxy groups -OCH3 is 1. The van der Waals surface area contributed by atoms with Gasteiger partial charge in [0.25, 0.3) is 0 Å². The van der Waals surface area contributed by atoms with Crippen molar-refractivity contribution in [1.82, 2.24) is 24.2 Å². The van der Waals surface area contributed by atoms with Gasteiger partial charge in [-0.3, -0.25) is 4.90 Å². The van der Waals surface area contributed by atoms with Gasteiger partial charge < -0.3 is 9.30 Å². The monoisotopic (exact) mass is 325 g/mol. The van der Waals surface area contributed by atoms with Gasteiger partial charge in [0.1, 0.15) is 5.82 Å². The molecule has 3 rings (SSSR count). The summed E-state index contributed by atoms with van der Waals surface area (Å²) < 4.78 is 9.20. The zero-order valence-corrected chi connectivity index (χ0v) is 14.2. The SMILES string of the molecule is COCCn1ccnc1CN(C)Cc1ccccc1-n1cccn1. The maximum Gasteiger partial charge on any atom is 0.122 e. The fourth-order valence-corrected chi connectivity index (χ4v) is 2.75. The van der Waals surface area contributed by atoms with E-state index in [-0.39, 0.29) is 0 Å². The highest BCUT2D eigenvalue weighted by Crippen LogP contribution is 2.16. The van der Waals surface area contributed by atoms with E-state index in [2.05, 4.69) is 44.8 Å². The van der Waals surface area contributed by atoms with Crippen molar-refractivity contribution in [3.05, 3.63) is 66.5 Å². The Balaban J connectivity index is 1.70. The number of para-hydroxylation sites is 1. The molecule has 1 aromatic carbocycles. The smallest absolute Gasteiger partial charge is 0.122 e. The van der Waals surface area contributed by atoms with Gasteiger partial charge in [0, 0.05) is 45.0 Å². The molecule has 2 aromatic heterocycles. The van der Waals surface area contributed by atoms with Crippen LogP contribution in [0.1, 0.15) is 11.4 Å². The Morgan fingerprint density at radius 1 is 1.08 bits per heavy atom. The first-order valence-electron chi connectivity index (χ1n) is 8.03. The zero-order chi connectivity index (χ0) is 16.8. The third-order valence-electron chi connectivity index (χ3n) is 3.93. The van der Waals surface area contributed by atoms with Crippen LogP contribution in [0.15, 0.2) is 55.1 Å². The number of imidazole rings is 1. The summed E-state index contributed by atoms with van der Waals surface area (Å²) in [6.45, 7) is 3.12. The second kappa shape index (κ2) is 7.90. The van der Waals surface area contributed by atoms with Crippen molar-refractivity contribution in [3.63, 3.8) is 0 Å². The molecule has 0 atom stereocenters. The van der Waals surface area contributed by atoms with E-state index in [1.165, 1.54) is 5.56 Å². The third-order valence-corrected chi connectivity index (χ3v) is 3.93. The average molecular weight is 325 g/mol. The Hall–Kier alpha value is -2.44. The van der Waals surface area contributed by atoms with Gasteiger partial charge in [0.2, 0.25) is 0 Å². The molecule has 6 nitrogen and oxygen atoms in total. The highest BCUT2D eigenvalue weighted by molar-refractivity contribution is 5.40. The highest BCUT2D eigenvalue weighted by Gasteiger charge is 2.10. The molecule has 0 amide bonds. The zero-order valence-electron chi connectivity index (χ0n) is 14.2. The number of ether oxygens (including phenoxy) is 1. The molecular weight excluding hydrogens is 302 g/mol. The summed E-state index contributed by atoms with van der Waals surface area (Å²) in [7, 11) is 3.82. The molecule has 126 valence electrons. The van der Waals surface area contributed by atoms with Gasteiger partial charge in [-0.25, -0.2) is 9.67 Å². The molecule has 0 aliphatic carbocycles. The van der Waals surface area contributed by atoms with Crippen molar-refractivity contribution in [2.75, 3.05) is 20.8 Å². The van der Waals surface area contributed by atoms with E-state index in [1.54, 1.807) is 13.3 Å². The van der Waals surface area contributed by atoms with E-state index < -0.39 is 0 Å². The fraction of sp³-hybridized carbons (Fsp3) is 0.333. The summed E-state index contributed by atoms with van der Waals surface area (Å²) in [5, 5.41) is 4.35. The first-order chi connectivity index (χ1) is 11.8. The molecule has 0 unspecified atom stereocenters. The van der Waals surface area contributed by atoms with E-state index in [1.807, 2.05) is 35.4 Å². The lowest BCUT2D eigenvalue weighted by atomic mass is 10.1. The second-order valence-corrected chi connectivity index (χ2v) is 5.78. The Labute approximate surface area is 142 Å². The summed E-state index contributed by atoms with van der Waals surface area (Å²) in [5.41, 5.74) is 2.34. The quantitative estimate of drug-likeness (QED) is 0.638. The molecule has 0 saturated carbocycles. The van der Waals surface area contributed by atoms with Crippen molar-refractivity contribution in [2.24, 2.45) is 0 Å². The molecular formula is C18H23N5O. The minimum Gasteiger partial charge on any atom is -0.383 e. The molecule has 2 heterocycles. The van der Waals surface area contributed by atoms with Crippen molar-refractivity contribution in [3.8, 4) is 5.69 Å². The topological polar surface area (TPSA) is 48.1 Å². The van der Waals surface area contributed by atoms with Gasteiger partial charge >= 0.3 is 0 Å². The van der Waals surface area contributed by atoms with Crippen LogP contribution in [-0.2, 0) is 24.4 Å². The van der Waals surface area contributed by atoms with Gasteiger partial charge in [-0.1, -0.05) is 18.2 Å². The predicted octanol–water partition coefficient (Wildman–Crippen LogP) is 2.35. The first-order valence-corrected chi connectivity index (χ1v) is 8.03. The average Bonchev–Trinajstić information content (AvgIpc) is 3.25. The number of hydrogen-bond acceptors (Lipinski definition) is 4. The Bertz CT molecular complexity index is 750. The lowest BCUT2D eigenvalue weighted by molar-refractivity contribution is 0.184. The Kier molecular flexibility index (Phi) is 5.40. The maximum absolute atomic E-state index is 5.16. The van der Waals surface area contributed by atoms with Crippen LogP contribution in [0, 0.1) is 0 Å². The summed E-state index contributed by atoms with van der Waals surface area (Å²) >= 11 is 0. The van der Waals surface area contributed by atoms with Crippen molar-refractivity contribution < 1.29 is 4.74 Å². The summed E-state index contributed by atoms with van der Waals surface area (Å²) in [4.78, 5) is 6.73. The Morgan fingerprint density at radius 3 is 2.75 bits per heavy atom. The minimum absolute atomic E-state index is 0.690. The fourth-order valence-electron chi connectivity index (χ4n) is 2.75. The maximum atomic E-state index is 5.16. The van der Waals surface area contributed by atoms with Crippen LogP contribution < -0.4 is 0 Å². The number of benzene rings is 1. The third kappa shape index (κ3) is 3.90. The molecule has 0 aliphatic rings. The molecule has 6 heteroatoms. The van der Waals surface area contributed by atoms with Crippen LogP contribution >= 0.6 is 0 Å². The molecule has 0 saturated heterocycles. The standard InChI is InChI=1S/C18H23N5O/c1-21(15-18-19-9-11-22(18)12-13-24-2)14-16-6-3-4-7-17(16)23-10-5-8-20-23/h3-11H,12-15H2,1-2H3. The van der Waals surface area contributed by atoms with Crippen molar-refractivity contribution in [1.29, 1.82) is 0 Å². The predicted molar refractivity (Wildman–Crippen MR) is 92.8 cm³/mol. The molecule has 0 bridgehead atoms. The summed E-state index contributed by atoms with van der Waals surface area (Å²) in [5.74, 6) is 1.05.